The molecule has 1 amide bonds. The lowest BCUT2D eigenvalue weighted by Crippen LogP contribution is -2.44. The van der Waals surface area contributed by atoms with Crippen molar-refractivity contribution >= 4 is 5.91 Å². The number of pyridine rings is 1. The highest BCUT2D eigenvalue weighted by atomic mass is 19.1. The van der Waals surface area contributed by atoms with Crippen LogP contribution in [-0.2, 0) is 4.74 Å². The third-order valence-electron chi connectivity index (χ3n) is 5.80. The van der Waals surface area contributed by atoms with E-state index in [-0.39, 0.29) is 17.9 Å². The molecule has 1 N–H and O–H groups in total. The Morgan fingerprint density at radius 2 is 2.23 bits per heavy atom. The third kappa shape index (κ3) is 5.32. The van der Waals surface area contributed by atoms with Crippen LogP contribution in [0, 0.1) is 11.7 Å². The number of hydrogen-bond donors (Lipinski definition) is 1. The van der Waals surface area contributed by atoms with E-state index in [1.165, 1.54) is 17.7 Å². The summed E-state index contributed by atoms with van der Waals surface area (Å²) >= 11 is 0. The van der Waals surface area contributed by atoms with Gasteiger partial charge in [-0.2, -0.15) is 0 Å². The van der Waals surface area contributed by atoms with Gasteiger partial charge >= 0.3 is 0 Å². The highest BCUT2D eigenvalue weighted by molar-refractivity contribution is 5.94. The number of piperidine rings is 1. The number of halogens is 1. The molecule has 158 valence electrons. The molecule has 0 aliphatic carbocycles. The average molecular weight is 410 g/mol. The normalized spacial score (nSPS) is 21.0. The summed E-state index contributed by atoms with van der Waals surface area (Å²) in [5.74, 6) is -0.453. The summed E-state index contributed by atoms with van der Waals surface area (Å²) in [5, 5.41) is 3.14. The number of carbonyl (C=O) groups excluding carboxylic acids is 1. The van der Waals surface area contributed by atoms with Crippen molar-refractivity contribution in [2.75, 3.05) is 32.8 Å². The Bertz CT molecular complexity index is 887. The molecule has 0 radical (unpaired) electrons. The minimum atomic E-state index is -0.413. The molecule has 2 atom stereocenters. The van der Waals surface area contributed by atoms with Gasteiger partial charge in [-0.05, 0) is 67.6 Å². The number of rotatable bonds is 6. The van der Waals surface area contributed by atoms with E-state index in [2.05, 4.69) is 21.3 Å². The summed E-state index contributed by atoms with van der Waals surface area (Å²) in [4.78, 5) is 19.8. The monoisotopic (exact) mass is 409 g/mol. The maximum absolute atomic E-state index is 13.6. The number of hydrogen-bond acceptors (Lipinski definition) is 4. The van der Waals surface area contributed by atoms with Crippen LogP contribution >= 0.6 is 0 Å². The molecule has 3 heterocycles. The fourth-order valence-corrected chi connectivity index (χ4v) is 4.36. The molecule has 0 saturated carbocycles. The van der Waals surface area contributed by atoms with Crippen molar-refractivity contribution < 1.29 is 13.9 Å². The standard InChI is InChI=1S/C24H28FN3O2/c25-21-9-3-7-19(14-21)24(29)27-23(22-10-1-2-11-26-22)20-8-4-12-28(16-20)15-18-6-5-13-30-17-18/h1-3,6-7,9-11,14,20,23H,4-5,8,12-13,15-17H2,(H,27,29)/t20-,23-/m0/s1. The van der Waals surface area contributed by atoms with Crippen LogP contribution in [0.25, 0.3) is 0 Å². The number of ether oxygens (including phenoxy) is 1. The molecule has 0 unspecified atom stereocenters. The van der Waals surface area contributed by atoms with Gasteiger partial charge in [0, 0.05) is 24.8 Å². The van der Waals surface area contributed by atoms with E-state index in [0.29, 0.717) is 12.2 Å². The second-order valence-electron chi connectivity index (χ2n) is 8.06. The number of aromatic nitrogens is 1. The molecule has 1 aromatic carbocycles. The summed E-state index contributed by atoms with van der Waals surface area (Å²) in [5.41, 5.74) is 2.50. The first kappa shape index (κ1) is 20.7. The van der Waals surface area contributed by atoms with E-state index >= 15 is 0 Å². The van der Waals surface area contributed by atoms with Gasteiger partial charge in [0.25, 0.3) is 5.91 Å². The summed E-state index contributed by atoms with van der Waals surface area (Å²) in [6.07, 6.45) is 7.10. The number of amides is 1. The fourth-order valence-electron chi connectivity index (χ4n) is 4.36. The maximum atomic E-state index is 13.6. The summed E-state index contributed by atoms with van der Waals surface area (Å²) in [7, 11) is 0. The molecule has 5 nitrogen and oxygen atoms in total. The van der Waals surface area contributed by atoms with Crippen molar-refractivity contribution in [1.29, 1.82) is 0 Å². The Morgan fingerprint density at radius 1 is 1.30 bits per heavy atom. The van der Waals surface area contributed by atoms with Crippen LogP contribution in [0.15, 0.2) is 60.3 Å². The van der Waals surface area contributed by atoms with Gasteiger partial charge in [-0.1, -0.05) is 18.2 Å². The zero-order valence-electron chi connectivity index (χ0n) is 17.1. The van der Waals surface area contributed by atoms with E-state index in [1.807, 2.05) is 18.2 Å². The van der Waals surface area contributed by atoms with Crippen molar-refractivity contribution in [2.24, 2.45) is 5.92 Å². The van der Waals surface area contributed by atoms with Gasteiger partial charge in [-0.3, -0.25) is 14.7 Å². The Morgan fingerprint density at radius 3 is 3.00 bits per heavy atom. The first-order chi connectivity index (χ1) is 14.7. The lowest BCUT2D eigenvalue weighted by Gasteiger charge is -2.37. The first-order valence-electron chi connectivity index (χ1n) is 10.6. The Balaban J connectivity index is 1.50. The highest BCUT2D eigenvalue weighted by Gasteiger charge is 2.31. The quantitative estimate of drug-likeness (QED) is 0.739. The van der Waals surface area contributed by atoms with E-state index < -0.39 is 5.82 Å². The molecule has 30 heavy (non-hydrogen) atoms. The van der Waals surface area contributed by atoms with E-state index in [4.69, 9.17) is 4.74 Å². The number of nitrogens with one attached hydrogen (secondary N) is 1. The molecule has 1 aromatic heterocycles. The van der Waals surface area contributed by atoms with Crippen molar-refractivity contribution in [3.8, 4) is 0 Å². The van der Waals surface area contributed by atoms with E-state index in [1.54, 1.807) is 18.3 Å². The second kappa shape index (κ2) is 9.96. The second-order valence-corrected chi connectivity index (χ2v) is 8.06. The number of carbonyl (C=O) groups is 1. The fraction of sp³-hybridized carbons (Fsp3) is 0.417. The minimum absolute atomic E-state index is 0.221. The summed E-state index contributed by atoms with van der Waals surface area (Å²) in [6, 6.07) is 11.3. The van der Waals surface area contributed by atoms with Gasteiger partial charge in [-0.25, -0.2) is 4.39 Å². The van der Waals surface area contributed by atoms with Gasteiger partial charge in [0.15, 0.2) is 0 Å². The molecule has 6 heteroatoms. The van der Waals surface area contributed by atoms with Crippen LogP contribution in [0.4, 0.5) is 4.39 Å². The number of benzene rings is 1. The highest BCUT2D eigenvalue weighted by Crippen LogP contribution is 2.30. The van der Waals surface area contributed by atoms with E-state index in [9.17, 15) is 9.18 Å². The Labute approximate surface area is 177 Å². The molecule has 2 aliphatic rings. The third-order valence-corrected chi connectivity index (χ3v) is 5.80. The summed E-state index contributed by atoms with van der Waals surface area (Å²) in [6.45, 7) is 4.34. The van der Waals surface area contributed by atoms with Crippen LogP contribution in [0.3, 0.4) is 0 Å². The molecule has 2 aromatic rings. The zero-order chi connectivity index (χ0) is 20.8. The van der Waals surface area contributed by atoms with Gasteiger partial charge in [0.05, 0.1) is 24.9 Å². The van der Waals surface area contributed by atoms with Gasteiger partial charge in [0.2, 0.25) is 0 Å². The molecule has 4 rings (SSSR count). The largest absolute Gasteiger partial charge is 0.377 e. The van der Waals surface area contributed by atoms with Gasteiger partial charge in [-0.15, -0.1) is 0 Å². The molecular weight excluding hydrogens is 381 g/mol. The zero-order valence-corrected chi connectivity index (χ0v) is 17.1. The summed E-state index contributed by atoms with van der Waals surface area (Å²) < 4.78 is 19.2. The Hall–Kier alpha value is -2.57. The molecule has 1 fully saturated rings. The van der Waals surface area contributed by atoms with Crippen molar-refractivity contribution in [3.63, 3.8) is 0 Å². The van der Waals surface area contributed by atoms with Gasteiger partial charge < -0.3 is 10.1 Å². The van der Waals surface area contributed by atoms with Crippen molar-refractivity contribution in [2.45, 2.75) is 25.3 Å². The van der Waals surface area contributed by atoms with Crippen LogP contribution in [0.1, 0.15) is 41.4 Å². The average Bonchev–Trinajstić information content (AvgIpc) is 2.79. The van der Waals surface area contributed by atoms with Crippen molar-refractivity contribution in [3.05, 3.63) is 77.4 Å². The van der Waals surface area contributed by atoms with Crippen LogP contribution in [0.5, 0.6) is 0 Å². The number of likely N-dealkylation sites (tertiary alicyclic amines) is 1. The van der Waals surface area contributed by atoms with E-state index in [0.717, 1.165) is 51.2 Å². The topological polar surface area (TPSA) is 54.5 Å². The minimum Gasteiger partial charge on any atom is -0.377 e. The predicted molar refractivity (Wildman–Crippen MR) is 114 cm³/mol. The predicted octanol–water partition coefficient (Wildman–Crippen LogP) is 3.75. The lowest BCUT2D eigenvalue weighted by atomic mass is 9.88. The lowest BCUT2D eigenvalue weighted by molar-refractivity contribution is 0.0878. The SMILES string of the molecule is O=C(N[C@H](c1ccccn1)[C@H]1CCCN(CC2=CCCOC2)C1)c1cccc(F)c1. The van der Waals surface area contributed by atoms with Crippen LogP contribution < -0.4 is 5.32 Å². The molecule has 0 spiro atoms. The van der Waals surface area contributed by atoms with Crippen LogP contribution in [0.2, 0.25) is 0 Å². The molecule has 1 saturated heterocycles. The Kier molecular flexibility index (Phi) is 6.87. The molecular formula is C24H28FN3O2. The molecule has 0 bridgehead atoms. The smallest absolute Gasteiger partial charge is 0.251 e. The number of nitrogens with zero attached hydrogens (tertiary/aromatic N) is 2. The van der Waals surface area contributed by atoms with Gasteiger partial charge in [0.1, 0.15) is 5.82 Å². The van der Waals surface area contributed by atoms with Crippen LogP contribution in [-0.4, -0.2) is 48.6 Å². The molecule has 2 aliphatic heterocycles. The maximum Gasteiger partial charge on any atom is 0.251 e. The van der Waals surface area contributed by atoms with Crippen molar-refractivity contribution in [1.82, 2.24) is 15.2 Å². The first-order valence-corrected chi connectivity index (χ1v) is 10.6.